The third-order valence-corrected chi connectivity index (χ3v) is 6.23. The number of benzene rings is 2. The lowest BCUT2D eigenvalue weighted by atomic mass is 9.88. The van der Waals surface area contributed by atoms with Crippen LogP contribution in [0.25, 0.3) is 17.8 Å². The molecule has 6 nitrogen and oxygen atoms in total. The van der Waals surface area contributed by atoms with Crippen LogP contribution >= 0.6 is 0 Å². The normalized spacial score (nSPS) is 15.9. The Kier molecular flexibility index (Phi) is 6.11. The summed E-state index contributed by atoms with van der Waals surface area (Å²) < 4.78 is 64.6. The number of fused-ring (bicyclic) bond motifs is 1. The summed E-state index contributed by atoms with van der Waals surface area (Å²) in [5, 5.41) is 4.45. The molecule has 2 aromatic carbocycles. The predicted molar refractivity (Wildman–Crippen MR) is 126 cm³/mol. The first-order chi connectivity index (χ1) is 17.2. The summed E-state index contributed by atoms with van der Waals surface area (Å²) in [5.74, 6) is 0.222. The van der Waals surface area contributed by atoms with Crippen molar-refractivity contribution in [2.75, 3.05) is 7.11 Å². The van der Waals surface area contributed by atoms with Crippen molar-refractivity contribution in [2.24, 2.45) is 0 Å². The first kappa shape index (κ1) is 23.8. The minimum Gasteiger partial charge on any atom is -0.495 e. The van der Waals surface area contributed by atoms with Crippen molar-refractivity contribution >= 4 is 12.2 Å². The fraction of sp³-hybridized carbons (Fsp3) is 0.269. The van der Waals surface area contributed by atoms with E-state index in [0.29, 0.717) is 42.5 Å². The zero-order valence-corrected chi connectivity index (χ0v) is 19.6. The van der Waals surface area contributed by atoms with Crippen LogP contribution in [0.2, 0.25) is 0 Å². The highest BCUT2D eigenvalue weighted by atomic mass is 19.4. The van der Waals surface area contributed by atoms with Crippen LogP contribution < -0.4 is 4.74 Å². The molecule has 1 aliphatic heterocycles. The van der Waals surface area contributed by atoms with Crippen molar-refractivity contribution < 1.29 is 22.3 Å². The van der Waals surface area contributed by atoms with Crippen LogP contribution in [0.3, 0.4) is 0 Å². The Bertz CT molecular complexity index is 1440. The van der Waals surface area contributed by atoms with Gasteiger partial charge in [0.15, 0.2) is 5.82 Å². The topological polar surface area (TPSA) is 57.8 Å². The Morgan fingerprint density at radius 1 is 1.14 bits per heavy atom. The molecule has 0 bridgehead atoms. The minimum atomic E-state index is -4.46. The van der Waals surface area contributed by atoms with E-state index < -0.39 is 23.5 Å². The fourth-order valence-corrected chi connectivity index (χ4v) is 4.56. The van der Waals surface area contributed by atoms with Crippen molar-refractivity contribution in [1.82, 2.24) is 24.3 Å². The second-order valence-electron chi connectivity index (χ2n) is 8.63. The lowest BCUT2D eigenvalue weighted by Gasteiger charge is -2.25. The number of hydrogen-bond donors (Lipinski definition) is 0. The van der Waals surface area contributed by atoms with E-state index >= 15 is 0 Å². The van der Waals surface area contributed by atoms with Crippen molar-refractivity contribution in [3.8, 4) is 11.4 Å². The van der Waals surface area contributed by atoms with Crippen LogP contribution in [0.5, 0.6) is 5.75 Å². The zero-order valence-electron chi connectivity index (χ0n) is 19.6. The van der Waals surface area contributed by atoms with Crippen LogP contribution in [0, 0.1) is 12.7 Å². The first-order valence-corrected chi connectivity index (χ1v) is 11.4. The van der Waals surface area contributed by atoms with Crippen molar-refractivity contribution in [3.63, 3.8) is 0 Å². The van der Waals surface area contributed by atoms with Crippen LogP contribution in [-0.2, 0) is 12.7 Å². The highest BCUT2D eigenvalue weighted by Gasteiger charge is 2.37. The molecule has 3 heterocycles. The number of aromatic nitrogens is 5. The molecule has 2 aromatic heterocycles. The minimum absolute atomic E-state index is 0.190. The number of hydrogen-bond acceptors (Lipinski definition) is 4. The standard InChI is InChI=1S/C26H23F4N5O/c1-16-14-34(15-31-16)22-13-21(27)17(12-23(22)36-2)9-10-24-32-25-19(7-5-11-35(25)33-24)18-6-3-4-8-20(18)26(28,29)30/h3-4,6,8-10,12-15,19H,5,7,11H2,1-2H3/t19-/m1/s1. The number of ether oxygens (including phenoxy) is 1. The summed E-state index contributed by atoms with van der Waals surface area (Å²) in [7, 11) is 1.50. The maximum Gasteiger partial charge on any atom is 0.416 e. The summed E-state index contributed by atoms with van der Waals surface area (Å²) in [6.45, 7) is 2.39. The molecule has 0 amide bonds. The Hall–Kier alpha value is -3.95. The molecule has 5 rings (SSSR count). The molecule has 0 unspecified atom stereocenters. The molecule has 0 fully saturated rings. The van der Waals surface area contributed by atoms with Gasteiger partial charge in [-0.15, -0.1) is 0 Å². The van der Waals surface area contributed by atoms with E-state index in [-0.39, 0.29) is 11.1 Å². The van der Waals surface area contributed by atoms with E-state index in [1.54, 1.807) is 40.0 Å². The Morgan fingerprint density at radius 3 is 2.67 bits per heavy atom. The highest BCUT2D eigenvalue weighted by Crippen LogP contribution is 2.40. The molecule has 1 aliphatic rings. The molecule has 0 N–H and O–H groups in total. The summed E-state index contributed by atoms with van der Waals surface area (Å²) >= 11 is 0. The lowest BCUT2D eigenvalue weighted by molar-refractivity contribution is -0.138. The Morgan fingerprint density at radius 2 is 1.94 bits per heavy atom. The molecule has 0 radical (unpaired) electrons. The van der Waals surface area contributed by atoms with Gasteiger partial charge in [-0.2, -0.15) is 18.3 Å². The van der Waals surface area contributed by atoms with E-state index in [9.17, 15) is 17.6 Å². The van der Waals surface area contributed by atoms with Crippen molar-refractivity contribution in [2.45, 2.75) is 38.4 Å². The molecule has 4 aromatic rings. The summed E-state index contributed by atoms with van der Waals surface area (Å²) in [6, 6.07) is 8.50. The van der Waals surface area contributed by atoms with Gasteiger partial charge in [0, 0.05) is 30.3 Å². The molecule has 36 heavy (non-hydrogen) atoms. The number of imidazole rings is 1. The largest absolute Gasteiger partial charge is 0.495 e. The van der Waals surface area contributed by atoms with E-state index in [4.69, 9.17) is 4.74 Å². The molecule has 1 atom stereocenters. The first-order valence-electron chi connectivity index (χ1n) is 11.4. The summed E-state index contributed by atoms with van der Waals surface area (Å²) in [6.07, 6.45) is 3.18. The molecule has 0 spiro atoms. The van der Waals surface area contributed by atoms with Gasteiger partial charge in [-0.1, -0.05) is 18.2 Å². The Labute approximate surface area is 204 Å². The molecular weight excluding hydrogens is 474 g/mol. The van der Waals surface area contributed by atoms with Crippen LogP contribution in [0.4, 0.5) is 17.6 Å². The summed E-state index contributed by atoms with van der Waals surface area (Å²) in [4.78, 5) is 8.68. The van der Waals surface area contributed by atoms with Crippen molar-refractivity contribution in [3.05, 3.63) is 88.8 Å². The van der Waals surface area contributed by atoms with Gasteiger partial charge in [0.25, 0.3) is 0 Å². The fourth-order valence-electron chi connectivity index (χ4n) is 4.56. The van der Waals surface area contributed by atoms with E-state index in [0.717, 1.165) is 11.8 Å². The molecule has 0 aliphatic carbocycles. The molecular formula is C26H23F4N5O. The maximum absolute atomic E-state index is 14.9. The molecule has 0 saturated carbocycles. The predicted octanol–water partition coefficient (Wildman–Crippen LogP) is 6.03. The van der Waals surface area contributed by atoms with Gasteiger partial charge in [-0.05, 0) is 49.6 Å². The van der Waals surface area contributed by atoms with Gasteiger partial charge in [0.1, 0.15) is 17.4 Å². The average molecular weight is 497 g/mol. The highest BCUT2D eigenvalue weighted by molar-refractivity contribution is 5.69. The number of alkyl halides is 3. The van der Waals surface area contributed by atoms with Gasteiger partial charge in [-0.3, -0.25) is 0 Å². The SMILES string of the molecule is COc1cc(C=Cc2nc3n(n2)CCC[C@@H]3c2ccccc2C(F)(F)F)c(F)cc1-n1cnc(C)c1. The third kappa shape index (κ3) is 4.50. The number of nitrogens with zero attached hydrogens (tertiary/aromatic N) is 5. The second-order valence-corrected chi connectivity index (χ2v) is 8.63. The van der Waals surface area contributed by atoms with Crippen molar-refractivity contribution in [1.29, 1.82) is 0 Å². The van der Waals surface area contributed by atoms with Gasteiger partial charge < -0.3 is 9.30 Å². The van der Waals surface area contributed by atoms with E-state index in [1.165, 1.54) is 31.4 Å². The second kappa shape index (κ2) is 9.25. The van der Waals surface area contributed by atoms with Gasteiger partial charge in [0.05, 0.1) is 30.4 Å². The number of methoxy groups -OCH3 is 1. The monoisotopic (exact) mass is 497 g/mol. The van der Waals surface area contributed by atoms with Gasteiger partial charge in [0.2, 0.25) is 0 Å². The van der Waals surface area contributed by atoms with Crippen LogP contribution in [-0.4, -0.2) is 31.4 Å². The smallest absolute Gasteiger partial charge is 0.416 e. The number of rotatable bonds is 5. The van der Waals surface area contributed by atoms with Crippen LogP contribution in [0.1, 0.15) is 52.8 Å². The van der Waals surface area contributed by atoms with Gasteiger partial charge >= 0.3 is 6.18 Å². The average Bonchev–Trinajstić information content (AvgIpc) is 3.48. The third-order valence-electron chi connectivity index (χ3n) is 6.23. The maximum atomic E-state index is 14.9. The summed E-state index contributed by atoms with van der Waals surface area (Å²) in [5.41, 5.74) is 1.09. The molecule has 10 heteroatoms. The van der Waals surface area contributed by atoms with E-state index in [1.807, 2.05) is 6.92 Å². The Balaban J connectivity index is 1.46. The quantitative estimate of drug-likeness (QED) is 0.316. The van der Waals surface area contributed by atoms with E-state index in [2.05, 4.69) is 15.1 Å². The number of aryl methyl sites for hydroxylation is 2. The number of halogens is 4. The zero-order chi connectivity index (χ0) is 25.4. The lowest BCUT2D eigenvalue weighted by Crippen LogP contribution is -2.21. The molecule has 0 saturated heterocycles. The van der Waals surface area contributed by atoms with Crippen LogP contribution in [0.15, 0.2) is 48.9 Å². The van der Waals surface area contributed by atoms with Gasteiger partial charge in [-0.25, -0.2) is 19.0 Å². The molecule has 186 valence electrons.